The minimum Gasteiger partial charge on any atom is -0.399 e. The minimum atomic E-state index is 0.538. The fourth-order valence-corrected chi connectivity index (χ4v) is 1.38. The Bertz CT molecular complexity index is 312. The van der Waals surface area contributed by atoms with E-state index in [9.17, 15) is 0 Å². The lowest BCUT2D eigenvalue weighted by Gasteiger charge is -2.08. The molecule has 2 N–H and O–H groups in total. The highest BCUT2D eigenvalue weighted by Crippen LogP contribution is 2.19. The van der Waals surface area contributed by atoms with E-state index in [4.69, 9.17) is 22.1 Å². The van der Waals surface area contributed by atoms with Gasteiger partial charge in [-0.2, -0.15) is 0 Å². The summed E-state index contributed by atoms with van der Waals surface area (Å²) in [5.41, 5.74) is 7.35. The van der Waals surface area contributed by atoms with Gasteiger partial charge in [-0.25, -0.2) is 0 Å². The Kier molecular flexibility index (Phi) is 4.92. The van der Waals surface area contributed by atoms with Crippen LogP contribution < -0.4 is 5.73 Å². The first-order valence-electron chi connectivity index (χ1n) is 5.21. The summed E-state index contributed by atoms with van der Waals surface area (Å²) < 4.78 is 5.53. The maximum absolute atomic E-state index is 6.00. The molecule has 1 rings (SSSR count). The molecule has 0 aliphatic carbocycles. The maximum atomic E-state index is 6.00. The lowest BCUT2D eigenvalue weighted by Crippen LogP contribution is -2.00. The molecule has 1 aromatic rings. The van der Waals surface area contributed by atoms with E-state index >= 15 is 0 Å². The van der Waals surface area contributed by atoms with Gasteiger partial charge in [-0.15, -0.1) is 0 Å². The standard InChI is InChI=1S/C12H18ClNO/c1-9(2)5-6-15-8-10-7-11(14)3-4-12(10)13/h3-4,7,9H,5-6,8,14H2,1-2H3. The SMILES string of the molecule is CC(C)CCOCc1cc(N)ccc1Cl. The molecule has 84 valence electrons. The first-order valence-corrected chi connectivity index (χ1v) is 5.59. The summed E-state index contributed by atoms with van der Waals surface area (Å²) in [4.78, 5) is 0. The Balaban J connectivity index is 2.40. The monoisotopic (exact) mass is 227 g/mol. The third-order valence-corrected chi connectivity index (χ3v) is 2.54. The van der Waals surface area contributed by atoms with Crippen molar-refractivity contribution in [3.05, 3.63) is 28.8 Å². The van der Waals surface area contributed by atoms with Gasteiger partial charge in [0.1, 0.15) is 0 Å². The molecule has 0 aliphatic heterocycles. The van der Waals surface area contributed by atoms with Gasteiger partial charge in [0.2, 0.25) is 0 Å². The predicted octanol–water partition coefficient (Wildman–Crippen LogP) is 3.48. The van der Waals surface area contributed by atoms with Gasteiger partial charge < -0.3 is 10.5 Å². The van der Waals surface area contributed by atoms with Crippen LogP contribution in [0.15, 0.2) is 18.2 Å². The molecule has 0 spiro atoms. The first kappa shape index (κ1) is 12.3. The Morgan fingerprint density at radius 2 is 2.13 bits per heavy atom. The van der Waals surface area contributed by atoms with Crippen molar-refractivity contribution < 1.29 is 4.74 Å². The van der Waals surface area contributed by atoms with E-state index in [0.29, 0.717) is 17.5 Å². The number of hydrogen-bond acceptors (Lipinski definition) is 2. The molecule has 0 saturated heterocycles. The number of rotatable bonds is 5. The van der Waals surface area contributed by atoms with Crippen LogP contribution in [0.5, 0.6) is 0 Å². The van der Waals surface area contributed by atoms with Crippen molar-refractivity contribution in [3.8, 4) is 0 Å². The van der Waals surface area contributed by atoms with Crippen molar-refractivity contribution in [3.63, 3.8) is 0 Å². The number of benzene rings is 1. The van der Waals surface area contributed by atoms with Crippen LogP contribution in [-0.2, 0) is 11.3 Å². The van der Waals surface area contributed by atoms with Crippen LogP contribution in [0.2, 0.25) is 5.02 Å². The molecule has 0 amide bonds. The normalized spacial score (nSPS) is 10.9. The molecule has 15 heavy (non-hydrogen) atoms. The van der Waals surface area contributed by atoms with Crippen LogP contribution in [-0.4, -0.2) is 6.61 Å². The highest BCUT2D eigenvalue weighted by Gasteiger charge is 2.01. The molecule has 0 bridgehead atoms. The summed E-state index contributed by atoms with van der Waals surface area (Å²) in [7, 11) is 0. The van der Waals surface area contributed by atoms with Gasteiger partial charge >= 0.3 is 0 Å². The highest BCUT2D eigenvalue weighted by molar-refractivity contribution is 6.31. The Morgan fingerprint density at radius 1 is 1.40 bits per heavy atom. The van der Waals surface area contributed by atoms with Gasteiger partial charge in [0.25, 0.3) is 0 Å². The average Bonchev–Trinajstić information content (AvgIpc) is 2.17. The molecule has 3 heteroatoms. The quantitative estimate of drug-likeness (QED) is 0.618. The molecular formula is C12H18ClNO. The number of ether oxygens (including phenoxy) is 1. The smallest absolute Gasteiger partial charge is 0.0732 e. The molecule has 0 unspecified atom stereocenters. The zero-order chi connectivity index (χ0) is 11.3. The molecule has 2 nitrogen and oxygen atoms in total. The Hall–Kier alpha value is -0.730. The van der Waals surface area contributed by atoms with Gasteiger partial charge in [0.05, 0.1) is 6.61 Å². The van der Waals surface area contributed by atoms with Gasteiger partial charge in [0.15, 0.2) is 0 Å². The van der Waals surface area contributed by atoms with E-state index in [-0.39, 0.29) is 0 Å². The molecular weight excluding hydrogens is 210 g/mol. The second-order valence-corrected chi connectivity index (χ2v) is 4.49. The topological polar surface area (TPSA) is 35.2 Å². The zero-order valence-corrected chi connectivity index (χ0v) is 10.1. The summed E-state index contributed by atoms with van der Waals surface area (Å²) in [6, 6.07) is 5.45. The molecule has 0 saturated carbocycles. The minimum absolute atomic E-state index is 0.538. The van der Waals surface area contributed by atoms with Crippen LogP contribution in [0.1, 0.15) is 25.8 Å². The van der Waals surface area contributed by atoms with Crippen molar-refractivity contribution >= 4 is 17.3 Å². The van der Waals surface area contributed by atoms with E-state index < -0.39 is 0 Å². The van der Waals surface area contributed by atoms with Crippen molar-refractivity contribution in [1.29, 1.82) is 0 Å². The van der Waals surface area contributed by atoms with E-state index in [0.717, 1.165) is 24.3 Å². The number of hydrogen-bond donors (Lipinski definition) is 1. The molecule has 0 radical (unpaired) electrons. The van der Waals surface area contributed by atoms with E-state index in [2.05, 4.69) is 13.8 Å². The number of anilines is 1. The van der Waals surface area contributed by atoms with Crippen molar-refractivity contribution in [2.45, 2.75) is 26.9 Å². The Labute approximate surface area is 96.4 Å². The van der Waals surface area contributed by atoms with E-state index in [1.807, 2.05) is 6.07 Å². The average molecular weight is 228 g/mol. The summed E-state index contributed by atoms with van der Waals surface area (Å²) in [6.07, 6.45) is 1.07. The molecule has 0 aliphatic rings. The van der Waals surface area contributed by atoms with E-state index in [1.54, 1.807) is 12.1 Å². The zero-order valence-electron chi connectivity index (χ0n) is 9.29. The van der Waals surface area contributed by atoms with Crippen molar-refractivity contribution in [2.24, 2.45) is 5.92 Å². The third kappa shape index (κ3) is 4.54. The summed E-state index contributed by atoms with van der Waals surface area (Å²) in [6.45, 7) is 5.66. The van der Waals surface area contributed by atoms with Gasteiger partial charge in [-0.05, 0) is 36.1 Å². The Morgan fingerprint density at radius 3 is 2.80 bits per heavy atom. The largest absolute Gasteiger partial charge is 0.399 e. The number of nitrogens with two attached hydrogens (primary N) is 1. The van der Waals surface area contributed by atoms with Crippen LogP contribution >= 0.6 is 11.6 Å². The fourth-order valence-electron chi connectivity index (χ4n) is 1.21. The molecule has 0 heterocycles. The maximum Gasteiger partial charge on any atom is 0.0732 e. The van der Waals surface area contributed by atoms with E-state index in [1.165, 1.54) is 0 Å². The molecule has 0 aromatic heterocycles. The number of halogens is 1. The predicted molar refractivity (Wildman–Crippen MR) is 65.0 cm³/mol. The highest BCUT2D eigenvalue weighted by atomic mass is 35.5. The van der Waals surface area contributed by atoms with Crippen LogP contribution in [0.3, 0.4) is 0 Å². The lowest BCUT2D eigenvalue weighted by molar-refractivity contribution is 0.111. The van der Waals surface area contributed by atoms with Crippen molar-refractivity contribution in [2.75, 3.05) is 12.3 Å². The number of nitrogen functional groups attached to an aromatic ring is 1. The van der Waals surface area contributed by atoms with Crippen LogP contribution in [0.25, 0.3) is 0 Å². The van der Waals surface area contributed by atoms with Crippen molar-refractivity contribution in [1.82, 2.24) is 0 Å². The van der Waals surface area contributed by atoms with Crippen LogP contribution in [0.4, 0.5) is 5.69 Å². The third-order valence-electron chi connectivity index (χ3n) is 2.17. The van der Waals surface area contributed by atoms with Gasteiger partial charge in [-0.3, -0.25) is 0 Å². The summed E-state index contributed by atoms with van der Waals surface area (Å²) >= 11 is 6.00. The first-order chi connectivity index (χ1) is 7.09. The molecule has 0 fully saturated rings. The second-order valence-electron chi connectivity index (χ2n) is 4.09. The lowest BCUT2D eigenvalue weighted by atomic mass is 10.1. The summed E-state index contributed by atoms with van der Waals surface area (Å²) in [5.74, 6) is 0.668. The second kappa shape index (κ2) is 5.99. The van der Waals surface area contributed by atoms with Gasteiger partial charge in [-0.1, -0.05) is 25.4 Å². The molecule has 1 aromatic carbocycles. The van der Waals surface area contributed by atoms with Gasteiger partial charge in [0, 0.05) is 17.3 Å². The van der Waals surface area contributed by atoms with Crippen LogP contribution in [0, 0.1) is 5.92 Å². The molecule has 0 atom stereocenters. The summed E-state index contributed by atoms with van der Waals surface area (Å²) in [5, 5.41) is 0.716. The fraction of sp³-hybridized carbons (Fsp3) is 0.500.